The quantitative estimate of drug-likeness (QED) is 0.459. The van der Waals surface area contributed by atoms with Gasteiger partial charge < -0.3 is 19.1 Å². The predicted octanol–water partition coefficient (Wildman–Crippen LogP) is 3.59. The second kappa shape index (κ2) is 10.1. The van der Waals surface area contributed by atoms with Gasteiger partial charge in [0.1, 0.15) is 12.6 Å². The third kappa shape index (κ3) is 4.65. The maximum Gasteiger partial charge on any atom is 0.294 e. The van der Waals surface area contributed by atoms with Gasteiger partial charge >= 0.3 is 0 Å². The van der Waals surface area contributed by atoms with Crippen LogP contribution in [0.2, 0.25) is 0 Å². The summed E-state index contributed by atoms with van der Waals surface area (Å²) in [6.45, 7) is 5.68. The summed E-state index contributed by atoms with van der Waals surface area (Å²) in [4.78, 5) is 36.4. The fraction of sp³-hybridized carbons (Fsp3) is 0.320. The summed E-state index contributed by atoms with van der Waals surface area (Å²) in [6.07, 6.45) is 1.56. The zero-order valence-electron chi connectivity index (χ0n) is 19.9. The molecule has 1 aliphatic heterocycles. The van der Waals surface area contributed by atoms with E-state index in [9.17, 15) is 14.7 Å². The number of aryl methyl sites for hydroxylation is 1. The van der Waals surface area contributed by atoms with Crippen LogP contribution in [0.3, 0.4) is 0 Å². The molecule has 3 heterocycles. The van der Waals surface area contributed by atoms with Crippen molar-refractivity contribution in [3.8, 4) is 17.3 Å². The number of anilines is 1. The second-order valence-electron chi connectivity index (χ2n) is 8.28. The topological polar surface area (TPSA) is 128 Å². The van der Waals surface area contributed by atoms with E-state index in [0.717, 1.165) is 0 Å². The van der Waals surface area contributed by atoms with E-state index in [2.05, 4.69) is 15.1 Å². The van der Waals surface area contributed by atoms with Crippen LogP contribution in [-0.4, -0.2) is 52.2 Å². The van der Waals surface area contributed by atoms with Crippen LogP contribution in [0.1, 0.15) is 31.3 Å². The number of carbonyl (C=O) groups excluding carboxylic acids is 2. The maximum absolute atomic E-state index is 13.3. The third-order valence-corrected chi connectivity index (χ3v) is 5.55. The summed E-state index contributed by atoms with van der Waals surface area (Å²) in [5.74, 6) is -0.963. The third-order valence-electron chi connectivity index (χ3n) is 5.55. The number of hydrogen-bond acceptors (Lipinski definition) is 9. The molecule has 2 aromatic heterocycles. The molecule has 0 radical (unpaired) electrons. The first-order valence-corrected chi connectivity index (χ1v) is 11.1. The van der Waals surface area contributed by atoms with E-state index in [1.807, 2.05) is 0 Å². The van der Waals surface area contributed by atoms with Gasteiger partial charge in [-0.15, -0.1) is 0 Å². The molecule has 4 rings (SSSR count). The molecule has 3 aromatic rings. The Morgan fingerprint density at radius 3 is 2.57 bits per heavy atom. The Bertz CT molecular complexity index is 1260. The molecule has 0 saturated carbocycles. The fourth-order valence-electron chi connectivity index (χ4n) is 3.87. The number of amides is 1. The van der Waals surface area contributed by atoms with E-state index >= 15 is 0 Å². The van der Waals surface area contributed by atoms with Gasteiger partial charge in [-0.3, -0.25) is 14.5 Å². The zero-order valence-corrected chi connectivity index (χ0v) is 19.9. The normalized spacial score (nSPS) is 15.9. The lowest BCUT2D eigenvalue weighted by Gasteiger charge is -2.28. The van der Waals surface area contributed by atoms with Crippen molar-refractivity contribution in [1.82, 2.24) is 15.1 Å². The molecule has 0 saturated heterocycles. The molecule has 1 N–H and O–H groups in total. The minimum absolute atomic E-state index is 0.00691. The lowest BCUT2D eigenvalue weighted by atomic mass is 9.91. The molecule has 1 atom stereocenters. The molecular weight excluding hydrogens is 452 g/mol. The molecule has 0 fully saturated rings. The van der Waals surface area contributed by atoms with Gasteiger partial charge in [0.05, 0.1) is 12.2 Å². The van der Waals surface area contributed by atoms with E-state index in [-0.39, 0.29) is 23.8 Å². The van der Waals surface area contributed by atoms with E-state index in [1.54, 1.807) is 70.5 Å². The first kappa shape index (κ1) is 24.1. The number of ether oxygens (including phenoxy) is 2. The van der Waals surface area contributed by atoms with Crippen molar-refractivity contribution in [3.05, 3.63) is 65.4 Å². The number of nitrogens with zero attached hydrogens (tertiary/aromatic N) is 4. The van der Waals surface area contributed by atoms with Gasteiger partial charge in [-0.05, 0) is 36.4 Å². The number of Topliss-reactive ketones (excluding diaryl/α,β-unsaturated/α-hetero) is 1. The van der Waals surface area contributed by atoms with Gasteiger partial charge in [-0.2, -0.15) is 4.98 Å². The summed E-state index contributed by atoms with van der Waals surface area (Å²) < 4.78 is 15.9. The molecule has 35 heavy (non-hydrogen) atoms. The number of hydrogen-bond donors (Lipinski definition) is 1. The van der Waals surface area contributed by atoms with Crippen molar-refractivity contribution in [2.75, 3.05) is 25.2 Å². The van der Waals surface area contributed by atoms with Crippen molar-refractivity contribution in [3.63, 3.8) is 0 Å². The first-order valence-electron chi connectivity index (χ1n) is 11.1. The fourth-order valence-corrected chi connectivity index (χ4v) is 3.87. The molecule has 1 unspecified atom stereocenters. The van der Waals surface area contributed by atoms with Crippen LogP contribution in [-0.2, 0) is 14.3 Å². The van der Waals surface area contributed by atoms with Crippen LogP contribution in [0.5, 0.6) is 5.88 Å². The highest BCUT2D eigenvalue weighted by Crippen LogP contribution is 2.44. The highest BCUT2D eigenvalue weighted by atomic mass is 16.5. The number of methoxy groups -OCH3 is 1. The van der Waals surface area contributed by atoms with Gasteiger partial charge in [0.2, 0.25) is 17.6 Å². The lowest BCUT2D eigenvalue weighted by Crippen LogP contribution is -2.32. The van der Waals surface area contributed by atoms with Crippen molar-refractivity contribution >= 4 is 17.4 Å². The molecule has 1 amide bonds. The minimum Gasteiger partial charge on any atom is -0.503 e. The Morgan fingerprint density at radius 1 is 1.20 bits per heavy atom. The van der Waals surface area contributed by atoms with Crippen molar-refractivity contribution in [2.24, 2.45) is 5.92 Å². The molecule has 0 bridgehead atoms. The Balaban J connectivity index is 1.79. The van der Waals surface area contributed by atoms with E-state index < -0.39 is 23.6 Å². The SMILES string of the molecule is COCCOc1ncccc1C1C(C(=O)C(C)C)=C(O)C(=O)N1c1ccc(-c2noc(C)n2)cc1. The summed E-state index contributed by atoms with van der Waals surface area (Å²) >= 11 is 0. The van der Waals surface area contributed by atoms with Crippen LogP contribution in [0.15, 0.2) is 58.5 Å². The average molecular weight is 479 g/mol. The Hall–Kier alpha value is -4.05. The zero-order chi connectivity index (χ0) is 25.1. The molecule has 1 aliphatic rings. The van der Waals surface area contributed by atoms with Crippen LogP contribution in [0.4, 0.5) is 5.69 Å². The number of ketones is 1. The number of aromatic nitrogens is 3. The molecule has 0 spiro atoms. The standard InChI is InChI=1S/C25H26N4O6/c1-14(2)21(30)19-20(18-6-5-11-26-24(18)34-13-12-33-4)29(25(32)22(19)31)17-9-7-16(8-10-17)23-27-15(3)35-28-23/h5-11,14,20,31H,12-13H2,1-4H3. The van der Waals surface area contributed by atoms with Gasteiger partial charge in [0.15, 0.2) is 11.5 Å². The number of rotatable bonds is 9. The smallest absolute Gasteiger partial charge is 0.294 e. The number of benzene rings is 1. The molecule has 0 aliphatic carbocycles. The highest BCUT2D eigenvalue weighted by Gasteiger charge is 2.46. The average Bonchev–Trinajstić information content (AvgIpc) is 3.40. The first-order chi connectivity index (χ1) is 16.8. The minimum atomic E-state index is -0.929. The Labute approximate surface area is 202 Å². The lowest BCUT2D eigenvalue weighted by molar-refractivity contribution is -0.119. The second-order valence-corrected chi connectivity index (χ2v) is 8.28. The molecule has 182 valence electrons. The largest absolute Gasteiger partial charge is 0.503 e. The van der Waals surface area contributed by atoms with Crippen LogP contribution in [0, 0.1) is 12.8 Å². The highest BCUT2D eigenvalue weighted by molar-refractivity contribution is 6.17. The summed E-state index contributed by atoms with van der Waals surface area (Å²) in [5.41, 5.74) is 1.64. The number of aliphatic hydroxyl groups excluding tert-OH is 1. The van der Waals surface area contributed by atoms with Crippen molar-refractivity contribution in [2.45, 2.75) is 26.8 Å². The summed E-state index contributed by atoms with van der Waals surface area (Å²) in [6, 6.07) is 9.36. The number of pyridine rings is 1. The molecular formula is C25H26N4O6. The van der Waals surface area contributed by atoms with Gasteiger partial charge in [0, 0.05) is 43.0 Å². The summed E-state index contributed by atoms with van der Waals surface area (Å²) in [5, 5.41) is 14.7. The predicted molar refractivity (Wildman–Crippen MR) is 126 cm³/mol. The van der Waals surface area contributed by atoms with Gasteiger partial charge in [0.25, 0.3) is 5.91 Å². The van der Waals surface area contributed by atoms with Crippen LogP contribution >= 0.6 is 0 Å². The Morgan fingerprint density at radius 2 is 1.94 bits per heavy atom. The van der Waals surface area contributed by atoms with Crippen molar-refractivity contribution in [1.29, 1.82) is 0 Å². The Kier molecular flexibility index (Phi) is 6.92. The summed E-state index contributed by atoms with van der Waals surface area (Å²) in [7, 11) is 1.56. The van der Waals surface area contributed by atoms with Gasteiger partial charge in [-0.25, -0.2) is 4.98 Å². The molecule has 10 heteroatoms. The van der Waals surface area contributed by atoms with E-state index in [4.69, 9.17) is 14.0 Å². The van der Waals surface area contributed by atoms with Crippen LogP contribution < -0.4 is 9.64 Å². The monoisotopic (exact) mass is 478 g/mol. The number of carbonyl (C=O) groups is 2. The van der Waals surface area contributed by atoms with E-state index in [0.29, 0.717) is 35.1 Å². The number of aliphatic hydroxyl groups is 1. The van der Waals surface area contributed by atoms with Crippen molar-refractivity contribution < 1.29 is 28.7 Å². The van der Waals surface area contributed by atoms with Gasteiger partial charge in [-0.1, -0.05) is 19.0 Å². The van der Waals surface area contributed by atoms with Crippen LogP contribution in [0.25, 0.3) is 11.4 Å². The molecule has 10 nitrogen and oxygen atoms in total. The van der Waals surface area contributed by atoms with E-state index in [1.165, 1.54) is 4.90 Å². The maximum atomic E-state index is 13.3. The molecule has 1 aromatic carbocycles.